The van der Waals surface area contributed by atoms with Gasteiger partial charge in [-0.05, 0) is 42.5 Å². The van der Waals surface area contributed by atoms with E-state index >= 15 is 0 Å². The molecule has 0 amide bonds. The Kier molecular flexibility index (Phi) is 4.58. The molecule has 5 rings (SSSR count). The van der Waals surface area contributed by atoms with Crippen LogP contribution < -0.4 is 14.2 Å². The van der Waals surface area contributed by atoms with Gasteiger partial charge in [0.15, 0.2) is 11.5 Å². The van der Waals surface area contributed by atoms with E-state index in [0.29, 0.717) is 23.5 Å². The molecule has 3 aromatic carbocycles. The Morgan fingerprint density at radius 3 is 2.58 bits per heavy atom. The summed E-state index contributed by atoms with van der Waals surface area (Å²) in [7, 11) is 3.10. The minimum atomic E-state index is -0.514. The molecule has 0 saturated carbocycles. The number of methoxy groups -OCH3 is 2. The highest BCUT2D eigenvalue weighted by atomic mass is 16.5. The van der Waals surface area contributed by atoms with Crippen LogP contribution in [-0.4, -0.2) is 35.2 Å². The molecular weight excluding hydrogens is 396 g/mol. The number of hydrogen-bond acceptors (Lipinski definition) is 7. The van der Waals surface area contributed by atoms with E-state index in [4.69, 9.17) is 19.3 Å². The van der Waals surface area contributed by atoms with E-state index in [1.165, 1.54) is 7.11 Å². The first kappa shape index (κ1) is 19.1. The van der Waals surface area contributed by atoms with Crippen molar-refractivity contribution in [2.24, 2.45) is 5.10 Å². The van der Waals surface area contributed by atoms with E-state index in [1.54, 1.807) is 43.5 Å². The summed E-state index contributed by atoms with van der Waals surface area (Å²) in [6, 6.07) is 18.1. The number of benzene rings is 3. The Bertz CT molecular complexity index is 1180. The van der Waals surface area contributed by atoms with Gasteiger partial charge in [-0.25, -0.2) is 5.01 Å². The highest BCUT2D eigenvalue weighted by molar-refractivity contribution is 6.04. The van der Waals surface area contributed by atoms with Gasteiger partial charge in [0, 0.05) is 23.1 Å². The second kappa shape index (κ2) is 7.43. The fraction of sp³-hybridized carbons (Fsp3) is 0.208. The van der Waals surface area contributed by atoms with Gasteiger partial charge in [-0.1, -0.05) is 18.2 Å². The van der Waals surface area contributed by atoms with Gasteiger partial charge in [0.2, 0.25) is 6.23 Å². The quantitative estimate of drug-likeness (QED) is 0.655. The number of hydrogen-bond donors (Lipinski definition) is 2. The first-order valence-electron chi connectivity index (χ1n) is 9.94. The third-order valence-corrected chi connectivity index (χ3v) is 5.70. The van der Waals surface area contributed by atoms with Gasteiger partial charge in [0.25, 0.3) is 0 Å². The fourth-order valence-corrected chi connectivity index (χ4v) is 4.14. The minimum Gasteiger partial charge on any atom is -0.507 e. The average Bonchev–Trinajstić information content (AvgIpc) is 3.25. The third kappa shape index (κ3) is 3.18. The number of nitrogens with zero attached hydrogens (tertiary/aromatic N) is 2. The number of para-hydroxylation sites is 1. The molecule has 7 heteroatoms. The number of ether oxygens (including phenoxy) is 3. The van der Waals surface area contributed by atoms with Gasteiger partial charge in [-0.15, -0.1) is 0 Å². The molecule has 3 aromatic rings. The van der Waals surface area contributed by atoms with Crippen molar-refractivity contribution in [3.8, 4) is 28.7 Å². The monoisotopic (exact) mass is 418 g/mol. The van der Waals surface area contributed by atoms with Crippen molar-refractivity contribution in [1.29, 1.82) is 0 Å². The summed E-state index contributed by atoms with van der Waals surface area (Å²) in [6.07, 6.45) is 0.0898. The lowest BCUT2D eigenvalue weighted by molar-refractivity contribution is -0.0191. The maximum absolute atomic E-state index is 10.5. The summed E-state index contributed by atoms with van der Waals surface area (Å²) in [4.78, 5) is 0. The molecule has 0 aromatic heterocycles. The number of phenolic OH excluding ortho intramolecular Hbond substituents is 2. The Morgan fingerprint density at radius 2 is 1.77 bits per heavy atom. The van der Waals surface area contributed by atoms with Gasteiger partial charge in [-0.3, -0.25) is 0 Å². The molecule has 0 radical (unpaired) electrons. The molecule has 158 valence electrons. The summed E-state index contributed by atoms with van der Waals surface area (Å²) in [5.74, 6) is 2.01. The number of hydrazone groups is 1. The van der Waals surface area contributed by atoms with Crippen LogP contribution in [0.15, 0.2) is 65.8 Å². The molecule has 0 unspecified atom stereocenters. The van der Waals surface area contributed by atoms with Gasteiger partial charge in [-0.2, -0.15) is 5.10 Å². The molecule has 2 atom stereocenters. The van der Waals surface area contributed by atoms with E-state index in [9.17, 15) is 10.2 Å². The Hall–Kier alpha value is -3.87. The number of fused-ring (bicyclic) bond motifs is 3. The zero-order valence-electron chi connectivity index (χ0n) is 17.1. The zero-order chi connectivity index (χ0) is 21.5. The molecule has 0 spiro atoms. The molecule has 2 heterocycles. The van der Waals surface area contributed by atoms with Gasteiger partial charge >= 0.3 is 0 Å². The van der Waals surface area contributed by atoms with Crippen LogP contribution in [0.1, 0.15) is 35.4 Å². The predicted molar refractivity (Wildman–Crippen MR) is 115 cm³/mol. The van der Waals surface area contributed by atoms with Crippen LogP contribution in [0.4, 0.5) is 0 Å². The largest absolute Gasteiger partial charge is 0.507 e. The van der Waals surface area contributed by atoms with E-state index < -0.39 is 6.23 Å². The first-order valence-corrected chi connectivity index (χ1v) is 9.94. The van der Waals surface area contributed by atoms with Gasteiger partial charge in [0.1, 0.15) is 17.2 Å². The lowest BCUT2D eigenvalue weighted by Crippen LogP contribution is -2.33. The van der Waals surface area contributed by atoms with Crippen molar-refractivity contribution in [1.82, 2.24) is 5.01 Å². The molecule has 0 saturated heterocycles. The molecule has 2 N–H and O–H groups in total. The maximum Gasteiger partial charge on any atom is 0.214 e. The van der Waals surface area contributed by atoms with Crippen LogP contribution >= 0.6 is 0 Å². The number of rotatable bonds is 4. The standard InChI is InChI=1S/C24H22N2O5/c1-29-15-8-10-20(27)17(12-15)18-13-19-16-5-3-4-6-22(16)31-24(26(19)25-18)14-7-9-21(28)23(11-14)30-2/h3-12,19,24,27-28H,13H2,1-2H3/t19-,24-/m1/s1. The van der Waals surface area contributed by atoms with Crippen molar-refractivity contribution in [2.45, 2.75) is 18.7 Å². The summed E-state index contributed by atoms with van der Waals surface area (Å²) in [5, 5.41) is 27.2. The summed E-state index contributed by atoms with van der Waals surface area (Å²) < 4.78 is 16.9. The SMILES string of the molecule is COc1ccc(O)c(C2=NN3[C@H](C2)c2ccccc2O[C@@H]3c2ccc(O)c(OC)c2)c1. The Balaban J connectivity index is 1.61. The van der Waals surface area contributed by atoms with Crippen molar-refractivity contribution < 1.29 is 24.4 Å². The first-order chi connectivity index (χ1) is 15.1. The van der Waals surface area contributed by atoms with Crippen molar-refractivity contribution >= 4 is 5.71 Å². The summed E-state index contributed by atoms with van der Waals surface area (Å²) in [5.41, 5.74) is 3.21. The smallest absolute Gasteiger partial charge is 0.214 e. The van der Waals surface area contributed by atoms with E-state index in [2.05, 4.69) is 0 Å². The Morgan fingerprint density at radius 1 is 0.968 bits per heavy atom. The van der Waals surface area contributed by atoms with Crippen LogP contribution in [0.5, 0.6) is 28.7 Å². The molecule has 2 aliphatic heterocycles. The second-order valence-corrected chi connectivity index (χ2v) is 7.47. The van der Waals surface area contributed by atoms with Crippen LogP contribution in [-0.2, 0) is 0 Å². The lowest BCUT2D eigenvalue weighted by atomic mass is 9.95. The van der Waals surface area contributed by atoms with Gasteiger partial charge in [0.05, 0.1) is 26.0 Å². The van der Waals surface area contributed by atoms with Gasteiger partial charge < -0.3 is 24.4 Å². The summed E-state index contributed by atoms with van der Waals surface area (Å²) >= 11 is 0. The Labute approximate surface area is 179 Å². The molecule has 7 nitrogen and oxygen atoms in total. The minimum absolute atomic E-state index is 0.0599. The van der Waals surface area contributed by atoms with Crippen LogP contribution in [0.2, 0.25) is 0 Å². The molecule has 31 heavy (non-hydrogen) atoms. The molecule has 0 fully saturated rings. The van der Waals surface area contributed by atoms with Crippen molar-refractivity contribution in [2.75, 3.05) is 14.2 Å². The fourth-order valence-electron chi connectivity index (χ4n) is 4.14. The lowest BCUT2D eigenvalue weighted by Gasteiger charge is -2.38. The second-order valence-electron chi connectivity index (χ2n) is 7.47. The predicted octanol–water partition coefficient (Wildman–Crippen LogP) is 4.36. The average molecular weight is 418 g/mol. The van der Waals surface area contributed by atoms with Crippen molar-refractivity contribution in [3.05, 3.63) is 77.4 Å². The van der Waals surface area contributed by atoms with E-state index in [1.807, 2.05) is 29.3 Å². The normalized spacial score (nSPS) is 19.2. The molecule has 0 bridgehead atoms. The molecule has 2 aliphatic rings. The third-order valence-electron chi connectivity index (χ3n) is 5.70. The highest BCUT2D eigenvalue weighted by Crippen LogP contribution is 2.48. The number of phenols is 2. The highest BCUT2D eigenvalue weighted by Gasteiger charge is 2.41. The maximum atomic E-state index is 10.5. The van der Waals surface area contributed by atoms with Crippen LogP contribution in [0, 0.1) is 0 Å². The van der Waals surface area contributed by atoms with Crippen LogP contribution in [0.3, 0.4) is 0 Å². The molecular formula is C24H22N2O5. The van der Waals surface area contributed by atoms with Crippen molar-refractivity contribution in [3.63, 3.8) is 0 Å². The molecule has 0 aliphatic carbocycles. The van der Waals surface area contributed by atoms with Crippen LogP contribution in [0.25, 0.3) is 0 Å². The van der Waals surface area contributed by atoms with E-state index in [-0.39, 0.29) is 17.5 Å². The zero-order valence-corrected chi connectivity index (χ0v) is 17.1. The summed E-state index contributed by atoms with van der Waals surface area (Å²) in [6.45, 7) is 0. The topological polar surface area (TPSA) is 83.8 Å². The van der Waals surface area contributed by atoms with E-state index in [0.717, 1.165) is 22.6 Å². The number of aromatic hydroxyl groups is 2.